The molecule has 0 bridgehead atoms. The van der Waals surface area contributed by atoms with Crippen LogP contribution in [-0.2, 0) is 9.47 Å². The number of unbranched alkanes of at least 4 members (excludes halogenated alkanes) is 1. The van der Waals surface area contributed by atoms with Crippen molar-refractivity contribution in [1.82, 2.24) is 0 Å². The zero-order chi connectivity index (χ0) is 12.1. The van der Waals surface area contributed by atoms with Crippen molar-refractivity contribution in [3.8, 4) is 0 Å². The highest BCUT2D eigenvalue weighted by Crippen LogP contribution is 2.33. The van der Waals surface area contributed by atoms with Crippen molar-refractivity contribution in [1.29, 1.82) is 0 Å². The van der Waals surface area contributed by atoms with E-state index in [1.165, 1.54) is 32.1 Å². The summed E-state index contributed by atoms with van der Waals surface area (Å²) >= 11 is 6.12. The Bertz CT molecular complexity index is 206. The molecular weight excluding hydrogens is 236 g/mol. The summed E-state index contributed by atoms with van der Waals surface area (Å²) in [4.78, 5) is 0. The molecule has 1 aliphatic heterocycles. The summed E-state index contributed by atoms with van der Waals surface area (Å²) in [6, 6.07) is 0. The van der Waals surface area contributed by atoms with E-state index in [-0.39, 0.29) is 6.29 Å². The van der Waals surface area contributed by atoms with Gasteiger partial charge in [0.15, 0.2) is 6.29 Å². The van der Waals surface area contributed by atoms with Gasteiger partial charge in [-0.15, -0.1) is 11.6 Å². The van der Waals surface area contributed by atoms with Crippen molar-refractivity contribution in [2.45, 2.75) is 63.5 Å². The van der Waals surface area contributed by atoms with E-state index in [0.29, 0.717) is 17.2 Å². The van der Waals surface area contributed by atoms with E-state index in [4.69, 9.17) is 21.1 Å². The predicted molar refractivity (Wildman–Crippen MR) is 70.3 cm³/mol. The molecule has 0 unspecified atom stereocenters. The van der Waals surface area contributed by atoms with Crippen LogP contribution in [0.2, 0.25) is 0 Å². The first-order valence-corrected chi connectivity index (χ1v) is 7.60. The molecule has 0 aromatic rings. The van der Waals surface area contributed by atoms with Gasteiger partial charge in [0.2, 0.25) is 0 Å². The molecule has 100 valence electrons. The lowest BCUT2D eigenvalue weighted by Crippen LogP contribution is -2.38. The van der Waals surface area contributed by atoms with E-state index >= 15 is 0 Å². The monoisotopic (exact) mass is 260 g/mol. The molecule has 0 aromatic heterocycles. The van der Waals surface area contributed by atoms with Gasteiger partial charge in [-0.1, -0.05) is 19.8 Å². The molecule has 0 aromatic carbocycles. The molecule has 0 N–H and O–H groups in total. The Kier molecular flexibility index (Phi) is 5.58. The molecule has 1 saturated heterocycles. The molecule has 3 heteroatoms. The van der Waals surface area contributed by atoms with Crippen LogP contribution in [0.25, 0.3) is 0 Å². The van der Waals surface area contributed by atoms with Gasteiger partial charge in [-0.25, -0.2) is 0 Å². The number of alkyl halides is 1. The Morgan fingerprint density at radius 2 is 1.71 bits per heavy atom. The molecule has 1 saturated carbocycles. The maximum Gasteiger partial charge on any atom is 0.160 e. The molecule has 0 radical (unpaired) electrons. The summed E-state index contributed by atoms with van der Waals surface area (Å²) < 4.78 is 11.8. The summed E-state index contributed by atoms with van der Waals surface area (Å²) in [7, 11) is 0. The van der Waals surface area contributed by atoms with Gasteiger partial charge in [-0.3, -0.25) is 0 Å². The van der Waals surface area contributed by atoms with Crippen LogP contribution in [-0.4, -0.2) is 24.9 Å². The third-order valence-corrected chi connectivity index (χ3v) is 4.48. The fraction of sp³-hybridized carbons (Fsp3) is 1.00. The van der Waals surface area contributed by atoms with E-state index in [9.17, 15) is 0 Å². The van der Waals surface area contributed by atoms with Crippen LogP contribution in [0.5, 0.6) is 0 Å². The highest BCUT2D eigenvalue weighted by atomic mass is 35.5. The maximum absolute atomic E-state index is 6.12. The molecule has 2 nitrogen and oxygen atoms in total. The number of halogens is 1. The first kappa shape index (κ1) is 13.6. The lowest BCUT2D eigenvalue weighted by Gasteiger charge is -2.36. The molecule has 17 heavy (non-hydrogen) atoms. The summed E-state index contributed by atoms with van der Waals surface area (Å²) in [6.45, 7) is 4.02. The van der Waals surface area contributed by atoms with E-state index in [1.54, 1.807) is 0 Å². The van der Waals surface area contributed by atoms with Crippen molar-refractivity contribution in [2.24, 2.45) is 11.8 Å². The second-order valence-corrected chi connectivity index (χ2v) is 6.17. The van der Waals surface area contributed by atoms with Gasteiger partial charge in [0.25, 0.3) is 0 Å². The summed E-state index contributed by atoms with van der Waals surface area (Å²) in [6.07, 6.45) is 8.42. The third kappa shape index (κ3) is 4.11. The molecule has 1 aliphatic carbocycles. The average molecular weight is 261 g/mol. The minimum Gasteiger partial charge on any atom is -0.352 e. The van der Waals surface area contributed by atoms with Crippen molar-refractivity contribution < 1.29 is 9.47 Å². The van der Waals surface area contributed by atoms with Gasteiger partial charge in [0.1, 0.15) is 0 Å². The zero-order valence-corrected chi connectivity index (χ0v) is 11.6. The Labute approximate surface area is 110 Å². The van der Waals surface area contributed by atoms with Gasteiger partial charge in [0, 0.05) is 17.2 Å². The fourth-order valence-electron chi connectivity index (χ4n) is 2.84. The summed E-state index contributed by atoms with van der Waals surface area (Å²) in [5.74, 6) is 1.20. The number of hydrogen-bond donors (Lipinski definition) is 0. The van der Waals surface area contributed by atoms with Gasteiger partial charge in [-0.2, -0.15) is 0 Å². The smallest absolute Gasteiger partial charge is 0.160 e. The first-order chi connectivity index (χ1) is 8.29. The van der Waals surface area contributed by atoms with Gasteiger partial charge in [-0.05, 0) is 32.1 Å². The minimum atomic E-state index is 0.0528. The molecule has 0 spiro atoms. The molecule has 0 amide bonds. The first-order valence-electron chi connectivity index (χ1n) is 7.17. The molecule has 2 fully saturated rings. The highest BCUT2D eigenvalue weighted by Gasteiger charge is 2.31. The second-order valence-electron chi connectivity index (χ2n) is 5.56. The van der Waals surface area contributed by atoms with Crippen molar-refractivity contribution in [2.75, 3.05) is 13.2 Å². The zero-order valence-electron chi connectivity index (χ0n) is 10.9. The van der Waals surface area contributed by atoms with E-state index in [2.05, 4.69) is 6.92 Å². The predicted octanol–water partition coefficient (Wildman–Crippen LogP) is 3.96. The van der Waals surface area contributed by atoms with Crippen LogP contribution >= 0.6 is 11.6 Å². The Balaban J connectivity index is 1.68. The standard InChI is InChI=1S/C14H25ClO2/c1-2-3-4-11-9-16-14(17-10-11)12-5-7-13(15)8-6-12/h11-14H,2-10H2,1H3/t11-,12?,13?,14-. The van der Waals surface area contributed by atoms with Gasteiger partial charge < -0.3 is 9.47 Å². The third-order valence-electron chi connectivity index (χ3n) is 4.04. The van der Waals surface area contributed by atoms with E-state index in [0.717, 1.165) is 26.1 Å². The van der Waals surface area contributed by atoms with Crippen LogP contribution in [0.4, 0.5) is 0 Å². The summed E-state index contributed by atoms with van der Waals surface area (Å²) in [5.41, 5.74) is 0. The highest BCUT2D eigenvalue weighted by molar-refractivity contribution is 6.20. The number of hydrogen-bond acceptors (Lipinski definition) is 2. The fourth-order valence-corrected chi connectivity index (χ4v) is 3.09. The minimum absolute atomic E-state index is 0.0528. The van der Waals surface area contributed by atoms with Crippen molar-refractivity contribution in [3.63, 3.8) is 0 Å². The molecule has 1 heterocycles. The molecular formula is C14H25ClO2. The SMILES string of the molecule is CCCC[C@H]1CO[C@H](C2CCC(Cl)CC2)OC1. The molecule has 2 rings (SSSR count). The number of rotatable bonds is 4. The van der Waals surface area contributed by atoms with Crippen LogP contribution in [0.3, 0.4) is 0 Å². The Hall–Kier alpha value is 0.210. The number of ether oxygens (including phenoxy) is 2. The Morgan fingerprint density at radius 3 is 2.29 bits per heavy atom. The lowest BCUT2D eigenvalue weighted by atomic mass is 9.88. The largest absolute Gasteiger partial charge is 0.352 e. The van der Waals surface area contributed by atoms with Crippen molar-refractivity contribution >= 4 is 11.6 Å². The van der Waals surface area contributed by atoms with Gasteiger partial charge in [0.05, 0.1) is 13.2 Å². The maximum atomic E-state index is 6.12. The molecule has 0 atom stereocenters. The Morgan fingerprint density at radius 1 is 1.06 bits per heavy atom. The van der Waals surface area contributed by atoms with Crippen LogP contribution in [0.15, 0.2) is 0 Å². The topological polar surface area (TPSA) is 18.5 Å². The van der Waals surface area contributed by atoms with Gasteiger partial charge >= 0.3 is 0 Å². The van der Waals surface area contributed by atoms with Crippen LogP contribution < -0.4 is 0 Å². The van der Waals surface area contributed by atoms with E-state index < -0.39 is 0 Å². The normalized spacial score (nSPS) is 39.2. The van der Waals surface area contributed by atoms with Crippen LogP contribution in [0.1, 0.15) is 51.9 Å². The average Bonchev–Trinajstić information content (AvgIpc) is 2.38. The van der Waals surface area contributed by atoms with Crippen LogP contribution in [0, 0.1) is 11.8 Å². The van der Waals surface area contributed by atoms with Crippen molar-refractivity contribution in [3.05, 3.63) is 0 Å². The quantitative estimate of drug-likeness (QED) is 0.713. The lowest BCUT2D eigenvalue weighted by molar-refractivity contribution is -0.228. The molecule has 2 aliphatic rings. The van der Waals surface area contributed by atoms with E-state index in [1.807, 2.05) is 0 Å². The summed E-state index contributed by atoms with van der Waals surface area (Å²) in [5, 5.41) is 0.382. The second kappa shape index (κ2) is 6.96.